The van der Waals surface area contributed by atoms with Crippen LogP contribution < -0.4 is 4.74 Å². The van der Waals surface area contributed by atoms with Gasteiger partial charge in [0, 0.05) is 0 Å². The van der Waals surface area contributed by atoms with Crippen molar-refractivity contribution < 1.29 is 22.7 Å². The highest BCUT2D eigenvalue weighted by Gasteiger charge is 2.24. The molecule has 0 amide bonds. The highest BCUT2D eigenvalue weighted by atomic mass is 35.5. The molecule has 0 bridgehead atoms. The van der Waals surface area contributed by atoms with Gasteiger partial charge in [0.15, 0.2) is 11.5 Å². The van der Waals surface area contributed by atoms with Crippen molar-refractivity contribution in [3.05, 3.63) is 82.1 Å². The highest BCUT2D eigenvalue weighted by molar-refractivity contribution is 7.90. The maximum atomic E-state index is 12.7. The fourth-order valence-corrected chi connectivity index (χ4v) is 4.03. The number of carbonyl (C=O) groups is 2. The molecule has 0 atom stereocenters. The first-order chi connectivity index (χ1) is 14.2. The molecular formula is C21H17ClN2O5S. The van der Waals surface area contributed by atoms with Crippen LogP contribution in [0.3, 0.4) is 0 Å². The highest BCUT2D eigenvalue weighted by Crippen LogP contribution is 2.24. The summed E-state index contributed by atoms with van der Waals surface area (Å²) in [6.45, 7) is 3.11. The summed E-state index contributed by atoms with van der Waals surface area (Å²) in [6.07, 6.45) is 1.03. The maximum absolute atomic E-state index is 12.7. The van der Waals surface area contributed by atoms with Crippen molar-refractivity contribution >= 4 is 33.2 Å². The molecule has 0 aliphatic rings. The van der Waals surface area contributed by atoms with Gasteiger partial charge in [0.1, 0.15) is 5.75 Å². The van der Waals surface area contributed by atoms with Crippen molar-refractivity contribution in [2.24, 2.45) is 0 Å². The second-order valence-corrected chi connectivity index (χ2v) is 8.83. The third kappa shape index (κ3) is 4.90. The summed E-state index contributed by atoms with van der Waals surface area (Å²) < 4.78 is 30.6. The van der Waals surface area contributed by atoms with Gasteiger partial charge in [-0.2, -0.15) is 0 Å². The average molecular weight is 445 g/mol. The smallest absolute Gasteiger partial charge is 0.364 e. The lowest BCUT2D eigenvalue weighted by Gasteiger charge is -2.10. The Morgan fingerprint density at radius 1 is 1.10 bits per heavy atom. The van der Waals surface area contributed by atoms with E-state index in [2.05, 4.69) is 9.97 Å². The van der Waals surface area contributed by atoms with E-state index in [1.54, 1.807) is 43.3 Å². The van der Waals surface area contributed by atoms with Gasteiger partial charge in [-0.1, -0.05) is 48.0 Å². The zero-order valence-electron chi connectivity index (χ0n) is 16.1. The molecule has 0 radical (unpaired) electrons. The number of hydrogen-bond acceptors (Lipinski definition) is 7. The number of ether oxygens (including phenoxy) is 1. The predicted molar refractivity (Wildman–Crippen MR) is 111 cm³/mol. The fraction of sp³-hybridized carbons (Fsp3) is 0.143. The summed E-state index contributed by atoms with van der Waals surface area (Å²) in [7, 11) is -3.93. The second kappa shape index (κ2) is 8.73. The van der Waals surface area contributed by atoms with Gasteiger partial charge in [-0.3, -0.25) is 4.79 Å². The number of ketones is 1. The van der Waals surface area contributed by atoms with Crippen molar-refractivity contribution in [2.45, 2.75) is 24.8 Å². The van der Waals surface area contributed by atoms with Gasteiger partial charge in [-0.25, -0.2) is 23.2 Å². The molecule has 0 fully saturated rings. The molecule has 0 unspecified atom stereocenters. The minimum absolute atomic E-state index is 0.0378. The summed E-state index contributed by atoms with van der Waals surface area (Å²) in [5.41, 5.74) is 1.11. The molecule has 0 saturated heterocycles. The molecule has 0 spiro atoms. The number of nitrogens with zero attached hydrogens (tertiary/aromatic N) is 2. The fourth-order valence-electron chi connectivity index (χ4n) is 2.66. The molecule has 3 rings (SSSR count). The third-order valence-electron chi connectivity index (χ3n) is 4.11. The molecule has 0 aliphatic heterocycles. The molecule has 1 aromatic heterocycles. The van der Waals surface area contributed by atoms with Gasteiger partial charge in [-0.05, 0) is 37.1 Å². The molecule has 0 aliphatic carbocycles. The van der Waals surface area contributed by atoms with Crippen LogP contribution >= 0.6 is 11.6 Å². The summed E-state index contributed by atoms with van der Waals surface area (Å²) in [4.78, 5) is 32.1. The van der Waals surface area contributed by atoms with E-state index in [4.69, 9.17) is 16.3 Å². The van der Waals surface area contributed by atoms with E-state index < -0.39 is 26.7 Å². The lowest BCUT2D eigenvalue weighted by molar-refractivity contribution is 0.0725. The number of hydrogen-bond donors (Lipinski definition) is 0. The van der Waals surface area contributed by atoms with Gasteiger partial charge < -0.3 is 4.74 Å². The first-order valence-electron chi connectivity index (χ1n) is 8.80. The first kappa shape index (κ1) is 21.6. The van der Waals surface area contributed by atoms with Gasteiger partial charge in [0.05, 0.1) is 22.5 Å². The average Bonchev–Trinajstić information content (AvgIpc) is 2.68. The van der Waals surface area contributed by atoms with E-state index in [0.29, 0.717) is 5.56 Å². The Labute approximate surface area is 178 Å². The van der Waals surface area contributed by atoms with Crippen LogP contribution in [0.5, 0.6) is 5.75 Å². The lowest BCUT2D eigenvalue weighted by atomic mass is 10.1. The normalized spacial score (nSPS) is 11.2. The van der Waals surface area contributed by atoms with Crippen molar-refractivity contribution in [2.75, 3.05) is 0 Å². The molecule has 0 N–H and O–H groups in total. The minimum Gasteiger partial charge on any atom is -0.421 e. The monoisotopic (exact) mass is 444 g/mol. The number of halogens is 1. The Balaban J connectivity index is 1.93. The number of esters is 1. The Bertz CT molecular complexity index is 1230. The van der Waals surface area contributed by atoms with Gasteiger partial charge >= 0.3 is 5.97 Å². The Morgan fingerprint density at radius 2 is 1.80 bits per heavy atom. The summed E-state index contributed by atoms with van der Waals surface area (Å²) in [5, 5.41) is -0.713. The van der Waals surface area contributed by atoms with Crippen LogP contribution in [-0.2, 0) is 15.6 Å². The number of carbonyl (C=O) groups excluding carboxylic acids is 2. The van der Waals surface area contributed by atoms with E-state index in [9.17, 15) is 18.0 Å². The number of Topliss-reactive ketones (excluding diaryl/α,β-unsaturated/α-hetero) is 1. The Hall–Kier alpha value is -3.10. The number of benzene rings is 2. The van der Waals surface area contributed by atoms with Gasteiger partial charge in [-0.15, -0.1) is 0 Å². The van der Waals surface area contributed by atoms with E-state index in [-0.39, 0.29) is 27.9 Å². The summed E-state index contributed by atoms with van der Waals surface area (Å²) >= 11 is 6.01. The molecule has 9 heteroatoms. The molecule has 1 heterocycles. The van der Waals surface area contributed by atoms with Crippen LogP contribution in [0, 0.1) is 6.92 Å². The van der Waals surface area contributed by atoms with Crippen molar-refractivity contribution in [1.82, 2.24) is 9.97 Å². The minimum atomic E-state index is -3.93. The van der Waals surface area contributed by atoms with Crippen LogP contribution in [-0.4, -0.2) is 30.1 Å². The topological polar surface area (TPSA) is 103 Å². The number of aromatic nitrogens is 2. The molecule has 3 aromatic rings. The zero-order valence-corrected chi connectivity index (χ0v) is 17.7. The quantitative estimate of drug-likeness (QED) is 0.246. The lowest BCUT2D eigenvalue weighted by Crippen LogP contribution is -2.17. The van der Waals surface area contributed by atoms with Crippen LogP contribution in [0.2, 0.25) is 5.02 Å². The maximum Gasteiger partial charge on any atom is 0.364 e. The number of aryl methyl sites for hydroxylation is 1. The van der Waals surface area contributed by atoms with E-state index in [1.165, 1.54) is 19.1 Å². The van der Waals surface area contributed by atoms with Gasteiger partial charge in [0.25, 0.3) is 0 Å². The van der Waals surface area contributed by atoms with E-state index in [0.717, 1.165) is 11.8 Å². The van der Waals surface area contributed by atoms with Crippen molar-refractivity contribution in [3.63, 3.8) is 0 Å². The number of rotatable bonds is 6. The van der Waals surface area contributed by atoms with E-state index >= 15 is 0 Å². The summed E-state index contributed by atoms with van der Waals surface area (Å²) in [5.74, 6) is -1.59. The standard InChI is InChI=1S/C21H17ClN2O5S/c1-13-8-9-16(14(2)25)18(10-13)29-20(26)19-17(22)11-23-21(24-19)30(27,28)12-15-6-4-3-5-7-15/h3-11H,12H2,1-2H3. The first-order valence-corrected chi connectivity index (χ1v) is 10.8. The Morgan fingerprint density at radius 3 is 2.47 bits per heavy atom. The van der Waals surface area contributed by atoms with E-state index in [1.807, 2.05) is 0 Å². The molecule has 7 nitrogen and oxygen atoms in total. The molecule has 154 valence electrons. The van der Waals surface area contributed by atoms with Crippen molar-refractivity contribution in [1.29, 1.82) is 0 Å². The van der Waals surface area contributed by atoms with Crippen LogP contribution in [0.4, 0.5) is 0 Å². The molecule has 30 heavy (non-hydrogen) atoms. The molecule has 0 saturated carbocycles. The second-order valence-electron chi connectivity index (χ2n) is 6.54. The largest absolute Gasteiger partial charge is 0.421 e. The number of sulfone groups is 1. The molecule has 2 aromatic carbocycles. The Kier molecular flexibility index (Phi) is 6.28. The molecular weight excluding hydrogens is 428 g/mol. The summed E-state index contributed by atoms with van der Waals surface area (Å²) in [6, 6.07) is 13.3. The van der Waals surface area contributed by atoms with Crippen LogP contribution in [0.1, 0.15) is 38.9 Å². The SMILES string of the molecule is CC(=O)c1ccc(C)cc1OC(=O)c1nc(S(=O)(=O)Cc2ccccc2)ncc1Cl. The predicted octanol–water partition coefficient (Wildman–Crippen LogP) is 3.83. The van der Waals surface area contributed by atoms with Crippen LogP contribution in [0.15, 0.2) is 59.9 Å². The van der Waals surface area contributed by atoms with Crippen molar-refractivity contribution in [3.8, 4) is 5.75 Å². The zero-order chi connectivity index (χ0) is 21.9. The van der Waals surface area contributed by atoms with Gasteiger partial charge in [0.2, 0.25) is 15.0 Å². The third-order valence-corrected chi connectivity index (χ3v) is 5.86. The van der Waals surface area contributed by atoms with Crippen LogP contribution in [0.25, 0.3) is 0 Å².